The zero-order valence-corrected chi connectivity index (χ0v) is 12.2. The molecule has 1 aliphatic carbocycles. The Hall–Kier alpha value is -1.71. The average molecular weight is 301 g/mol. The Morgan fingerprint density at radius 2 is 1.90 bits per heavy atom. The van der Waals surface area contributed by atoms with Crippen LogP contribution >= 0.6 is 11.3 Å². The van der Waals surface area contributed by atoms with Gasteiger partial charge in [0.15, 0.2) is 5.78 Å². The van der Waals surface area contributed by atoms with E-state index in [4.69, 9.17) is 8.22 Å². The molecule has 1 saturated heterocycles. The standard InChI is InChI=1S/C18H17NOS/c20-16-11-13-3-1-2-4-14(13)17(12-5-8-19-9-6-12)15-7-10-21-18(15)16/h1-4,7,10,19H,5-6,8-9,11H2/i1D,2D,3D,4D,7D,10D. The zero-order chi connectivity index (χ0) is 19.5. The number of fused-ring (bicyclic) bond motifs is 2. The Morgan fingerprint density at radius 3 is 2.76 bits per heavy atom. The third-order valence-electron chi connectivity index (χ3n) is 3.97. The van der Waals surface area contributed by atoms with Crippen LogP contribution in [-0.4, -0.2) is 18.9 Å². The highest BCUT2D eigenvalue weighted by atomic mass is 32.1. The molecule has 1 aromatic heterocycles. The number of Topliss-reactive ketones (excluding diaryl/α,β-unsaturated/α-hetero) is 1. The summed E-state index contributed by atoms with van der Waals surface area (Å²) in [5, 5.41) is 3.26. The molecule has 106 valence electrons. The Bertz CT molecular complexity index is 1020. The molecule has 0 saturated carbocycles. The van der Waals surface area contributed by atoms with Gasteiger partial charge in [0.25, 0.3) is 0 Å². The highest BCUT2D eigenvalue weighted by Gasteiger charge is 2.26. The molecule has 0 spiro atoms. The van der Waals surface area contributed by atoms with Crippen molar-refractivity contribution < 1.29 is 13.0 Å². The van der Waals surface area contributed by atoms with Crippen LogP contribution in [0.1, 0.15) is 47.4 Å². The molecule has 4 rings (SSSR count). The van der Waals surface area contributed by atoms with Crippen molar-refractivity contribution >= 4 is 22.7 Å². The third-order valence-corrected chi connectivity index (χ3v) is 4.81. The predicted molar refractivity (Wildman–Crippen MR) is 86.9 cm³/mol. The first-order valence-corrected chi connectivity index (χ1v) is 7.80. The molecule has 2 aromatic rings. The van der Waals surface area contributed by atoms with Gasteiger partial charge in [-0.25, -0.2) is 0 Å². The smallest absolute Gasteiger partial charge is 0.177 e. The van der Waals surface area contributed by atoms with E-state index in [1.165, 1.54) is 0 Å². The average Bonchev–Trinajstić information content (AvgIpc) is 2.89. The maximum Gasteiger partial charge on any atom is 0.177 e. The first kappa shape index (κ1) is 8.06. The highest BCUT2D eigenvalue weighted by molar-refractivity contribution is 7.12. The Balaban J connectivity index is 2.17. The number of hydrogen-bond acceptors (Lipinski definition) is 3. The van der Waals surface area contributed by atoms with Gasteiger partial charge in [-0.05, 0) is 54.0 Å². The zero-order valence-electron chi connectivity index (χ0n) is 17.4. The number of rotatable bonds is 0. The number of benzene rings is 1. The summed E-state index contributed by atoms with van der Waals surface area (Å²) in [5.41, 5.74) is 2.54. The lowest BCUT2D eigenvalue weighted by atomic mass is 9.88. The normalized spacial score (nSPS) is 22.2. The van der Waals surface area contributed by atoms with Crippen molar-refractivity contribution in [3.05, 3.63) is 62.7 Å². The monoisotopic (exact) mass is 301 g/mol. The largest absolute Gasteiger partial charge is 0.316 e. The molecule has 2 aliphatic rings. The number of piperidine rings is 1. The van der Waals surface area contributed by atoms with Crippen molar-refractivity contribution in [1.29, 1.82) is 0 Å². The van der Waals surface area contributed by atoms with Crippen LogP contribution in [0.4, 0.5) is 0 Å². The van der Waals surface area contributed by atoms with Crippen LogP contribution in [0.3, 0.4) is 0 Å². The highest BCUT2D eigenvalue weighted by Crippen LogP contribution is 2.39. The summed E-state index contributed by atoms with van der Waals surface area (Å²) in [5.74, 6) is -0.294. The Labute approximate surface area is 136 Å². The van der Waals surface area contributed by atoms with Crippen LogP contribution in [0, 0.1) is 0 Å². The minimum Gasteiger partial charge on any atom is -0.316 e. The van der Waals surface area contributed by atoms with Crippen LogP contribution < -0.4 is 5.32 Å². The fourth-order valence-corrected chi connectivity index (χ4v) is 3.69. The summed E-state index contributed by atoms with van der Waals surface area (Å²) >= 11 is 0.960. The number of ketones is 1. The topological polar surface area (TPSA) is 29.1 Å². The van der Waals surface area contributed by atoms with Gasteiger partial charge < -0.3 is 5.32 Å². The molecule has 0 amide bonds. The van der Waals surface area contributed by atoms with E-state index in [1.807, 2.05) is 0 Å². The second-order valence-corrected chi connectivity index (χ2v) is 6.03. The van der Waals surface area contributed by atoms with Crippen LogP contribution in [0.25, 0.3) is 5.57 Å². The number of carbonyl (C=O) groups is 1. The first-order valence-electron chi connectivity index (χ1n) is 9.98. The van der Waals surface area contributed by atoms with E-state index in [0.29, 0.717) is 40.0 Å². The summed E-state index contributed by atoms with van der Waals surface area (Å²) in [6.07, 6.45) is 1.20. The van der Waals surface area contributed by atoms with Gasteiger partial charge in [-0.2, -0.15) is 0 Å². The van der Waals surface area contributed by atoms with Crippen LogP contribution in [-0.2, 0) is 6.42 Å². The van der Waals surface area contributed by atoms with E-state index in [-0.39, 0.29) is 47.8 Å². The summed E-state index contributed by atoms with van der Waals surface area (Å²) in [4.78, 5) is 13.2. The third kappa shape index (κ3) is 2.17. The molecule has 21 heavy (non-hydrogen) atoms. The molecule has 0 unspecified atom stereocenters. The van der Waals surface area contributed by atoms with E-state index in [9.17, 15) is 4.79 Å². The van der Waals surface area contributed by atoms with E-state index in [1.54, 1.807) is 0 Å². The minimum absolute atomic E-state index is 0.00432. The molecule has 1 aliphatic heterocycles. The molecule has 3 heteroatoms. The molecule has 2 heterocycles. The summed E-state index contributed by atoms with van der Waals surface area (Å²) in [7, 11) is 0. The van der Waals surface area contributed by atoms with Crippen molar-refractivity contribution in [1.82, 2.24) is 5.32 Å². The number of thiophene rings is 1. The van der Waals surface area contributed by atoms with Gasteiger partial charge in [0.1, 0.15) is 0 Å². The van der Waals surface area contributed by atoms with E-state index < -0.39 is 0 Å². The predicted octanol–water partition coefficient (Wildman–Crippen LogP) is 3.67. The number of nitrogens with one attached hydrogen (secondary N) is 1. The lowest BCUT2D eigenvalue weighted by Gasteiger charge is -2.21. The second kappa shape index (κ2) is 5.24. The lowest BCUT2D eigenvalue weighted by Crippen LogP contribution is -2.24. The molecule has 1 aromatic carbocycles. The van der Waals surface area contributed by atoms with Gasteiger partial charge >= 0.3 is 0 Å². The maximum absolute atomic E-state index is 12.9. The van der Waals surface area contributed by atoms with Crippen LogP contribution in [0.15, 0.2) is 41.1 Å². The van der Waals surface area contributed by atoms with Crippen molar-refractivity contribution in [3.63, 3.8) is 0 Å². The Kier molecular flexibility index (Phi) is 2.01. The van der Waals surface area contributed by atoms with Gasteiger partial charge in [-0.15, -0.1) is 11.3 Å². The SMILES string of the molecule is [2H]c1sc2c(c1[2H])C(=C1CCNCC1)c1c([2H])c([2H])c([2H])c([2H])c1CC2=O. The van der Waals surface area contributed by atoms with Crippen molar-refractivity contribution in [2.45, 2.75) is 19.3 Å². The molecule has 0 radical (unpaired) electrons. The van der Waals surface area contributed by atoms with Gasteiger partial charge in [-0.3, -0.25) is 4.79 Å². The fraction of sp³-hybridized carbons (Fsp3) is 0.278. The minimum atomic E-state index is -0.348. The van der Waals surface area contributed by atoms with Gasteiger partial charge in [0.2, 0.25) is 0 Å². The van der Waals surface area contributed by atoms with E-state index in [2.05, 4.69) is 5.32 Å². The van der Waals surface area contributed by atoms with Crippen molar-refractivity contribution in [2.24, 2.45) is 0 Å². The van der Waals surface area contributed by atoms with Crippen molar-refractivity contribution in [3.8, 4) is 0 Å². The fourth-order valence-electron chi connectivity index (χ4n) is 2.99. The lowest BCUT2D eigenvalue weighted by molar-refractivity contribution is 0.0997. The molecular weight excluding hydrogens is 278 g/mol. The molecule has 1 N–H and O–H groups in total. The van der Waals surface area contributed by atoms with Crippen LogP contribution in [0.5, 0.6) is 0 Å². The number of hydrogen-bond donors (Lipinski definition) is 1. The molecule has 1 fully saturated rings. The van der Waals surface area contributed by atoms with E-state index in [0.717, 1.165) is 30.0 Å². The van der Waals surface area contributed by atoms with Gasteiger partial charge in [0, 0.05) is 12.0 Å². The quantitative estimate of drug-likeness (QED) is 0.804. The van der Waals surface area contributed by atoms with Crippen LogP contribution in [0.2, 0.25) is 0 Å². The molecular formula is C18H17NOS. The molecule has 0 atom stereocenters. The summed E-state index contributed by atoms with van der Waals surface area (Å²) in [6.45, 7) is 1.46. The first-order chi connectivity index (χ1) is 12.8. The molecule has 0 bridgehead atoms. The van der Waals surface area contributed by atoms with Gasteiger partial charge in [0.05, 0.1) is 13.1 Å². The molecule has 2 nitrogen and oxygen atoms in total. The van der Waals surface area contributed by atoms with E-state index >= 15 is 0 Å². The summed E-state index contributed by atoms with van der Waals surface area (Å²) in [6, 6.07) is -1.10. The Morgan fingerprint density at radius 1 is 1.10 bits per heavy atom. The van der Waals surface area contributed by atoms with Crippen molar-refractivity contribution in [2.75, 3.05) is 13.1 Å². The summed E-state index contributed by atoms with van der Waals surface area (Å²) < 4.78 is 49.3. The second-order valence-electron chi connectivity index (χ2n) is 5.22. The maximum atomic E-state index is 12.9. The number of carbonyl (C=O) groups excluding carboxylic acids is 1. The van der Waals surface area contributed by atoms with Gasteiger partial charge in [-0.1, -0.05) is 29.7 Å².